The van der Waals surface area contributed by atoms with Crippen molar-refractivity contribution in [3.8, 4) is 0 Å². The number of carbonyl (C=O) groups excluding carboxylic acids is 1. The molecule has 0 amide bonds. The van der Waals surface area contributed by atoms with Crippen LogP contribution >= 0.6 is 0 Å². The molecule has 1 fully saturated rings. The van der Waals surface area contributed by atoms with Crippen LogP contribution < -0.4 is 0 Å². The highest BCUT2D eigenvalue weighted by Gasteiger charge is 2.28. The Balaban J connectivity index is 2.60. The fourth-order valence-corrected chi connectivity index (χ4v) is 1.69. The lowest BCUT2D eigenvalue weighted by Gasteiger charge is -2.23. The summed E-state index contributed by atoms with van der Waals surface area (Å²) in [4.78, 5) is 11.4. The maximum absolute atomic E-state index is 11.4. The largest absolute Gasteiger partial charge is 0.411 e. The number of carbonyl (C=O) groups is 1. The average Bonchev–Trinajstić information content (AvgIpc) is 2.03. The number of oxime groups is 1. The van der Waals surface area contributed by atoms with Gasteiger partial charge in [0.25, 0.3) is 0 Å². The van der Waals surface area contributed by atoms with Gasteiger partial charge in [0.2, 0.25) is 0 Å². The van der Waals surface area contributed by atoms with Crippen molar-refractivity contribution in [3.63, 3.8) is 0 Å². The van der Waals surface area contributed by atoms with Crippen LogP contribution in [0.25, 0.3) is 0 Å². The first-order valence-corrected chi connectivity index (χ1v) is 4.37. The summed E-state index contributed by atoms with van der Waals surface area (Å²) < 4.78 is 0. The van der Waals surface area contributed by atoms with Gasteiger partial charge in [-0.05, 0) is 18.8 Å². The number of hydrogen-bond acceptors (Lipinski definition) is 3. The van der Waals surface area contributed by atoms with E-state index in [2.05, 4.69) is 19.0 Å². The Kier molecular flexibility index (Phi) is 2.84. The summed E-state index contributed by atoms with van der Waals surface area (Å²) in [7, 11) is 0. The molecule has 3 nitrogen and oxygen atoms in total. The molecule has 1 aliphatic rings. The molecule has 0 spiro atoms. The molecule has 1 N–H and O–H groups in total. The third-order valence-corrected chi connectivity index (χ3v) is 2.48. The van der Waals surface area contributed by atoms with E-state index in [4.69, 9.17) is 5.21 Å². The van der Waals surface area contributed by atoms with E-state index < -0.39 is 0 Å². The summed E-state index contributed by atoms with van der Waals surface area (Å²) in [6, 6.07) is 0. The minimum absolute atomic E-state index is 0.176. The molecule has 1 unspecified atom stereocenters. The number of hydrogen-bond donors (Lipinski definition) is 1. The summed E-state index contributed by atoms with van der Waals surface area (Å²) in [5.41, 5.74) is 0.636. The van der Waals surface area contributed by atoms with Crippen molar-refractivity contribution in [1.82, 2.24) is 0 Å². The van der Waals surface area contributed by atoms with E-state index >= 15 is 0 Å². The zero-order chi connectivity index (χ0) is 9.14. The standard InChI is InChI=1S/C9H15NO2/c1-6(2)8-4-3-7(10-12)5-9(8)11/h6,8,12H,3-5H2,1-2H3/b10-7+. The van der Waals surface area contributed by atoms with Gasteiger partial charge in [-0.15, -0.1) is 0 Å². The Hall–Kier alpha value is -0.860. The highest BCUT2D eigenvalue weighted by Crippen LogP contribution is 2.25. The summed E-state index contributed by atoms with van der Waals surface area (Å²) >= 11 is 0. The van der Waals surface area contributed by atoms with Gasteiger partial charge < -0.3 is 5.21 Å². The van der Waals surface area contributed by atoms with Gasteiger partial charge in [-0.25, -0.2) is 0 Å². The van der Waals surface area contributed by atoms with Crippen LogP contribution in [-0.4, -0.2) is 16.7 Å². The van der Waals surface area contributed by atoms with E-state index in [1.807, 2.05) is 0 Å². The van der Waals surface area contributed by atoms with E-state index in [9.17, 15) is 4.79 Å². The molecule has 12 heavy (non-hydrogen) atoms. The molecule has 0 radical (unpaired) electrons. The Labute approximate surface area is 72.5 Å². The van der Waals surface area contributed by atoms with Crippen LogP contribution in [0.2, 0.25) is 0 Å². The number of nitrogens with zero attached hydrogens (tertiary/aromatic N) is 1. The second-order valence-electron chi connectivity index (χ2n) is 3.70. The fraction of sp³-hybridized carbons (Fsp3) is 0.778. The van der Waals surface area contributed by atoms with Gasteiger partial charge in [-0.2, -0.15) is 0 Å². The van der Waals surface area contributed by atoms with E-state index in [1.54, 1.807) is 0 Å². The second-order valence-corrected chi connectivity index (χ2v) is 3.70. The molecular formula is C9H15NO2. The van der Waals surface area contributed by atoms with Crippen molar-refractivity contribution in [2.24, 2.45) is 17.0 Å². The van der Waals surface area contributed by atoms with Gasteiger partial charge in [0.1, 0.15) is 5.78 Å². The van der Waals surface area contributed by atoms with Crippen molar-refractivity contribution in [3.05, 3.63) is 0 Å². The smallest absolute Gasteiger partial charge is 0.141 e. The molecule has 0 saturated heterocycles. The second kappa shape index (κ2) is 3.70. The lowest BCUT2D eigenvalue weighted by molar-refractivity contribution is -0.123. The number of ketones is 1. The van der Waals surface area contributed by atoms with Crippen LogP contribution in [0, 0.1) is 11.8 Å². The molecule has 0 bridgehead atoms. The predicted octanol–water partition coefficient (Wildman–Crippen LogP) is 1.84. The zero-order valence-electron chi connectivity index (χ0n) is 7.58. The van der Waals surface area contributed by atoms with Crippen LogP contribution in [0.3, 0.4) is 0 Å². The lowest BCUT2D eigenvalue weighted by Crippen LogP contribution is -2.28. The minimum Gasteiger partial charge on any atom is -0.411 e. The molecule has 0 aromatic heterocycles. The first-order chi connectivity index (χ1) is 5.65. The van der Waals surface area contributed by atoms with E-state index in [0.717, 1.165) is 12.8 Å². The molecule has 1 saturated carbocycles. The summed E-state index contributed by atoms with van der Waals surface area (Å²) in [6.45, 7) is 4.12. The molecule has 0 aromatic carbocycles. The number of rotatable bonds is 1. The quantitative estimate of drug-likeness (QED) is 0.481. The molecule has 0 heterocycles. The minimum atomic E-state index is 0.176. The van der Waals surface area contributed by atoms with Gasteiger partial charge in [0.15, 0.2) is 0 Å². The molecule has 0 aliphatic heterocycles. The van der Waals surface area contributed by atoms with E-state index in [0.29, 0.717) is 18.1 Å². The molecular weight excluding hydrogens is 154 g/mol. The zero-order valence-corrected chi connectivity index (χ0v) is 7.58. The van der Waals surface area contributed by atoms with Crippen LogP contribution in [0.1, 0.15) is 33.1 Å². The molecule has 1 atom stereocenters. The van der Waals surface area contributed by atoms with Gasteiger partial charge >= 0.3 is 0 Å². The highest BCUT2D eigenvalue weighted by molar-refractivity contribution is 6.04. The van der Waals surface area contributed by atoms with Crippen molar-refractivity contribution in [1.29, 1.82) is 0 Å². The monoisotopic (exact) mass is 169 g/mol. The van der Waals surface area contributed by atoms with Gasteiger partial charge in [-0.1, -0.05) is 19.0 Å². The molecule has 1 aliphatic carbocycles. The average molecular weight is 169 g/mol. The molecule has 3 heteroatoms. The Morgan fingerprint density at radius 3 is 2.67 bits per heavy atom. The summed E-state index contributed by atoms with van der Waals surface area (Å²) in [6.07, 6.45) is 1.96. The Morgan fingerprint density at radius 1 is 1.58 bits per heavy atom. The first-order valence-electron chi connectivity index (χ1n) is 4.37. The Bertz CT molecular complexity index is 209. The maximum Gasteiger partial charge on any atom is 0.141 e. The fourth-order valence-electron chi connectivity index (χ4n) is 1.69. The van der Waals surface area contributed by atoms with Crippen LogP contribution in [0.4, 0.5) is 0 Å². The summed E-state index contributed by atoms with van der Waals surface area (Å²) in [5.74, 6) is 0.817. The highest BCUT2D eigenvalue weighted by atomic mass is 16.4. The Morgan fingerprint density at radius 2 is 2.25 bits per heavy atom. The van der Waals surface area contributed by atoms with Gasteiger partial charge in [0.05, 0.1) is 5.71 Å². The van der Waals surface area contributed by atoms with Crippen molar-refractivity contribution in [2.75, 3.05) is 0 Å². The lowest BCUT2D eigenvalue weighted by atomic mass is 9.80. The van der Waals surface area contributed by atoms with Gasteiger partial charge in [-0.3, -0.25) is 4.79 Å². The third kappa shape index (κ3) is 1.84. The normalized spacial score (nSPS) is 28.4. The van der Waals surface area contributed by atoms with Crippen LogP contribution in [0.15, 0.2) is 5.16 Å². The number of Topliss-reactive ketones (excluding diaryl/α,β-unsaturated/α-hetero) is 1. The third-order valence-electron chi connectivity index (χ3n) is 2.48. The van der Waals surface area contributed by atoms with Crippen molar-refractivity contribution >= 4 is 11.5 Å². The van der Waals surface area contributed by atoms with Crippen molar-refractivity contribution in [2.45, 2.75) is 33.1 Å². The van der Waals surface area contributed by atoms with Gasteiger partial charge in [0, 0.05) is 12.3 Å². The maximum atomic E-state index is 11.4. The van der Waals surface area contributed by atoms with E-state index in [-0.39, 0.29) is 11.7 Å². The molecule has 68 valence electrons. The summed E-state index contributed by atoms with van der Waals surface area (Å²) in [5, 5.41) is 11.6. The SMILES string of the molecule is CC(C)C1CC/C(=N\O)CC1=O. The molecule has 1 rings (SSSR count). The van der Waals surface area contributed by atoms with Crippen molar-refractivity contribution < 1.29 is 10.0 Å². The van der Waals surface area contributed by atoms with Crippen LogP contribution in [-0.2, 0) is 4.79 Å². The first kappa shape index (κ1) is 9.23. The predicted molar refractivity (Wildman–Crippen MR) is 46.4 cm³/mol. The van der Waals surface area contributed by atoms with Crippen LogP contribution in [0.5, 0.6) is 0 Å². The van der Waals surface area contributed by atoms with E-state index in [1.165, 1.54) is 0 Å². The molecule has 0 aromatic rings. The topological polar surface area (TPSA) is 49.7 Å².